The van der Waals surface area contributed by atoms with Gasteiger partial charge in [0.15, 0.2) is 4.34 Å². The van der Waals surface area contributed by atoms with Crippen LogP contribution in [0.2, 0.25) is 0 Å². The molecule has 238 valence electrons. The van der Waals surface area contributed by atoms with Crippen LogP contribution in [0.15, 0.2) is 113 Å². The summed E-state index contributed by atoms with van der Waals surface area (Å²) in [6, 6.07) is 31.1. The van der Waals surface area contributed by atoms with E-state index >= 15 is 0 Å². The van der Waals surface area contributed by atoms with Gasteiger partial charge in [-0.05, 0) is 66.4 Å². The summed E-state index contributed by atoms with van der Waals surface area (Å²) in [4.78, 5) is 28.8. The van der Waals surface area contributed by atoms with E-state index in [0.717, 1.165) is 17.5 Å². The van der Waals surface area contributed by atoms with E-state index in [4.69, 9.17) is 9.47 Å². The van der Waals surface area contributed by atoms with Crippen LogP contribution in [-0.2, 0) is 21.9 Å². The van der Waals surface area contributed by atoms with Gasteiger partial charge < -0.3 is 14.6 Å². The number of thioether (sulfide) groups is 1. The molecule has 1 amide bonds. The molecule has 10 heteroatoms. The Bertz CT molecular complexity index is 1890. The fourth-order valence-electron chi connectivity index (χ4n) is 5.13. The monoisotopic (exact) mass is 663 g/mol. The predicted octanol–water partition coefficient (Wildman–Crippen LogP) is 8.13. The molecule has 0 bridgehead atoms. The van der Waals surface area contributed by atoms with E-state index in [2.05, 4.69) is 34.5 Å². The highest BCUT2D eigenvalue weighted by molar-refractivity contribution is 8.00. The van der Waals surface area contributed by atoms with Crippen LogP contribution < -0.4 is 14.4 Å². The Morgan fingerprint density at radius 3 is 2.38 bits per heavy atom. The standard InChI is InChI=1S/C37H33N3O5S2/c1-3-20-44-29-18-16-27(17-19-29)33(41)31-32(28-10-7-11-30(21-28)45-22-25-8-5-4-6-9-25)40(35(43)34(31)42)36-38-39-37(47-36)46-23-26-14-12-24(2)13-15-26/h4-19,21,32,41H,3,20,22-23H2,1-2H3/b33-31+. The van der Waals surface area contributed by atoms with E-state index in [0.29, 0.717) is 45.9 Å². The van der Waals surface area contributed by atoms with Crippen LogP contribution in [0.1, 0.15) is 47.2 Å². The molecule has 1 N–H and O–H groups in total. The summed E-state index contributed by atoms with van der Waals surface area (Å²) in [6.07, 6.45) is 0.858. The maximum atomic E-state index is 13.7. The van der Waals surface area contributed by atoms with E-state index in [1.165, 1.54) is 33.6 Å². The molecule has 0 radical (unpaired) electrons. The van der Waals surface area contributed by atoms with Gasteiger partial charge in [-0.1, -0.05) is 102 Å². The molecule has 1 unspecified atom stereocenters. The molecule has 1 aliphatic rings. The molecule has 1 saturated heterocycles. The lowest BCUT2D eigenvalue weighted by Crippen LogP contribution is -2.29. The summed E-state index contributed by atoms with van der Waals surface area (Å²) in [5.41, 5.74) is 4.25. The lowest BCUT2D eigenvalue weighted by molar-refractivity contribution is -0.132. The third kappa shape index (κ3) is 7.40. The first kappa shape index (κ1) is 32.0. The number of ether oxygens (including phenoxy) is 2. The Morgan fingerprint density at radius 1 is 0.872 bits per heavy atom. The summed E-state index contributed by atoms with van der Waals surface area (Å²) >= 11 is 2.73. The second kappa shape index (κ2) is 14.7. The zero-order chi connectivity index (χ0) is 32.8. The van der Waals surface area contributed by atoms with Crippen molar-refractivity contribution in [2.75, 3.05) is 11.5 Å². The fraction of sp³-hybridized carbons (Fsp3) is 0.189. The van der Waals surface area contributed by atoms with E-state index in [1.54, 1.807) is 36.4 Å². The summed E-state index contributed by atoms with van der Waals surface area (Å²) in [5, 5.41) is 20.5. The number of benzene rings is 4. The number of Topliss-reactive ketones (excluding diaryl/α,β-unsaturated/α-hetero) is 1. The number of ketones is 1. The van der Waals surface area contributed by atoms with Crippen molar-refractivity contribution in [2.24, 2.45) is 0 Å². The number of amides is 1. The van der Waals surface area contributed by atoms with Gasteiger partial charge in [-0.2, -0.15) is 0 Å². The molecule has 0 aliphatic carbocycles. The van der Waals surface area contributed by atoms with Crippen molar-refractivity contribution in [1.82, 2.24) is 10.2 Å². The Morgan fingerprint density at radius 2 is 1.64 bits per heavy atom. The second-order valence-corrected chi connectivity index (χ2v) is 13.2. The minimum Gasteiger partial charge on any atom is -0.507 e. The summed E-state index contributed by atoms with van der Waals surface area (Å²) in [7, 11) is 0. The first-order chi connectivity index (χ1) is 22.9. The van der Waals surface area contributed by atoms with Gasteiger partial charge in [0.25, 0.3) is 5.78 Å². The van der Waals surface area contributed by atoms with Crippen molar-refractivity contribution in [3.63, 3.8) is 0 Å². The molecule has 0 saturated carbocycles. The van der Waals surface area contributed by atoms with Crippen LogP contribution >= 0.6 is 23.1 Å². The number of carbonyl (C=O) groups excluding carboxylic acids is 2. The number of aromatic nitrogens is 2. The molecule has 47 heavy (non-hydrogen) atoms. The number of hydrogen-bond acceptors (Lipinski definition) is 9. The highest BCUT2D eigenvalue weighted by atomic mass is 32.2. The topological polar surface area (TPSA) is 102 Å². The zero-order valence-electron chi connectivity index (χ0n) is 26.0. The average Bonchev–Trinajstić information content (AvgIpc) is 3.68. The normalized spacial score (nSPS) is 15.6. The van der Waals surface area contributed by atoms with Gasteiger partial charge in [0.2, 0.25) is 5.13 Å². The summed E-state index contributed by atoms with van der Waals surface area (Å²) < 4.78 is 12.4. The van der Waals surface area contributed by atoms with E-state index in [1.807, 2.05) is 56.3 Å². The molecule has 8 nitrogen and oxygen atoms in total. The van der Waals surface area contributed by atoms with Crippen LogP contribution in [0.25, 0.3) is 5.76 Å². The molecule has 6 rings (SSSR count). The quantitative estimate of drug-likeness (QED) is 0.0470. The summed E-state index contributed by atoms with van der Waals surface area (Å²) in [5.74, 6) is -0.00320. The lowest BCUT2D eigenvalue weighted by Gasteiger charge is -2.23. The molecule has 2 heterocycles. The Labute approximate surface area is 281 Å². The van der Waals surface area contributed by atoms with Gasteiger partial charge in [0.05, 0.1) is 18.2 Å². The van der Waals surface area contributed by atoms with Crippen LogP contribution in [0.3, 0.4) is 0 Å². The van der Waals surface area contributed by atoms with Crippen molar-refractivity contribution in [1.29, 1.82) is 0 Å². The maximum Gasteiger partial charge on any atom is 0.301 e. The molecule has 0 spiro atoms. The van der Waals surface area contributed by atoms with Gasteiger partial charge >= 0.3 is 5.91 Å². The number of carbonyl (C=O) groups is 2. The molecule has 1 fully saturated rings. The molecule has 5 aromatic rings. The molecule has 1 aromatic heterocycles. The minimum absolute atomic E-state index is 0.0403. The minimum atomic E-state index is -0.964. The number of aliphatic hydroxyl groups is 1. The van der Waals surface area contributed by atoms with Crippen molar-refractivity contribution in [3.05, 3.63) is 137 Å². The van der Waals surface area contributed by atoms with Gasteiger partial charge in [-0.15, -0.1) is 10.2 Å². The zero-order valence-corrected chi connectivity index (χ0v) is 27.6. The number of aliphatic hydroxyl groups excluding tert-OH is 1. The second-order valence-electron chi connectivity index (χ2n) is 11.0. The van der Waals surface area contributed by atoms with Gasteiger partial charge in [-0.3, -0.25) is 14.5 Å². The Hall–Kier alpha value is -4.93. The molecule has 4 aromatic carbocycles. The smallest absolute Gasteiger partial charge is 0.301 e. The van der Waals surface area contributed by atoms with Gasteiger partial charge in [-0.25, -0.2) is 0 Å². The van der Waals surface area contributed by atoms with Crippen molar-refractivity contribution < 1.29 is 24.2 Å². The van der Waals surface area contributed by atoms with Crippen LogP contribution in [-0.4, -0.2) is 33.6 Å². The molecule has 1 aliphatic heterocycles. The van der Waals surface area contributed by atoms with E-state index in [9.17, 15) is 14.7 Å². The van der Waals surface area contributed by atoms with Gasteiger partial charge in [0, 0.05) is 11.3 Å². The highest BCUT2D eigenvalue weighted by Gasteiger charge is 2.48. The average molecular weight is 664 g/mol. The molecular weight excluding hydrogens is 631 g/mol. The molecule has 1 atom stereocenters. The SMILES string of the molecule is CCCOc1ccc(/C(O)=C2\C(=O)C(=O)N(c3nnc(SCc4ccc(C)cc4)s3)C2c2cccc(OCc3ccccc3)c2)cc1. The van der Waals surface area contributed by atoms with Crippen LogP contribution in [0.5, 0.6) is 11.5 Å². The van der Waals surface area contributed by atoms with Crippen molar-refractivity contribution in [3.8, 4) is 11.5 Å². The Balaban J connectivity index is 1.35. The van der Waals surface area contributed by atoms with Crippen LogP contribution in [0, 0.1) is 6.92 Å². The third-order valence-electron chi connectivity index (χ3n) is 7.55. The third-order valence-corrected chi connectivity index (χ3v) is 9.68. The first-order valence-electron chi connectivity index (χ1n) is 15.2. The fourth-order valence-corrected chi connectivity index (χ4v) is 6.96. The Kier molecular flexibility index (Phi) is 9.99. The lowest BCUT2D eigenvalue weighted by atomic mass is 9.95. The van der Waals surface area contributed by atoms with E-state index in [-0.39, 0.29) is 16.5 Å². The predicted molar refractivity (Wildman–Crippen MR) is 185 cm³/mol. The number of hydrogen-bond donors (Lipinski definition) is 1. The van der Waals surface area contributed by atoms with Gasteiger partial charge in [0.1, 0.15) is 23.9 Å². The number of aryl methyl sites for hydroxylation is 1. The van der Waals surface area contributed by atoms with E-state index < -0.39 is 17.7 Å². The maximum absolute atomic E-state index is 13.7. The molecular formula is C37H33N3O5S2. The van der Waals surface area contributed by atoms with Crippen molar-refractivity contribution in [2.45, 2.75) is 43.0 Å². The summed E-state index contributed by atoms with van der Waals surface area (Å²) in [6.45, 7) is 4.97. The number of anilines is 1. The number of rotatable bonds is 12. The first-order valence-corrected chi connectivity index (χ1v) is 17.0. The van der Waals surface area contributed by atoms with Crippen molar-refractivity contribution >= 4 is 45.7 Å². The largest absolute Gasteiger partial charge is 0.507 e. The highest BCUT2D eigenvalue weighted by Crippen LogP contribution is 2.44. The van der Waals surface area contributed by atoms with Crippen LogP contribution in [0.4, 0.5) is 5.13 Å². The number of nitrogens with zero attached hydrogens (tertiary/aromatic N) is 3.